The Morgan fingerprint density at radius 2 is 1.96 bits per heavy atom. The molecule has 1 heterocycles. The molecule has 0 aromatic heterocycles. The van der Waals surface area contributed by atoms with E-state index in [9.17, 15) is 14.0 Å². The Kier molecular flexibility index (Phi) is 4.97. The molecule has 1 fully saturated rings. The van der Waals surface area contributed by atoms with Crippen LogP contribution in [-0.4, -0.2) is 42.8 Å². The molecule has 0 bridgehead atoms. The van der Waals surface area contributed by atoms with Gasteiger partial charge in [-0.3, -0.25) is 9.59 Å². The molecule has 1 saturated heterocycles. The molecule has 1 aliphatic carbocycles. The Morgan fingerprint density at radius 1 is 1.21 bits per heavy atom. The Hall–Kier alpha value is -2.17. The number of hydrogen-bond donors (Lipinski definition) is 0. The SMILES string of the molecule is CC(=O)c1ccc(N2CCN(C(=O)CC3C=CCC3)CC2)c(F)c1. The van der Waals surface area contributed by atoms with Gasteiger partial charge in [-0.1, -0.05) is 12.2 Å². The maximum Gasteiger partial charge on any atom is 0.223 e. The van der Waals surface area contributed by atoms with Crippen LogP contribution in [0.5, 0.6) is 0 Å². The molecule has 3 rings (SSSR count). The summed E-state index contributed by atoms with van der Waals surface area (Å²) in [5, 5.41) is 0. The summed E-state index contributed by atoms with van der Waals surface area (Å²) in [6.45, 7) is 3.88. The van der Waals surface area contributed by atoms with Crippen molar-refractivity contribution < 1.29 is 14.0 Å². The smallest absolute Gasteiger partial charge is 0.223 e. The van der Waals surface area contributed by atoms with Crippen LogP contribution in [0.3, 0.4) is 0 Å². The van der Waals surface area contributed by atoms with E-state index < -0.39 is 0 Å². The van der Waals surface area contributed by atoms with Crippen molar-refractivity contribution in [1.82, 2.24) is 4.90 Å². The van der Waals surface area contributed by atoms with E-state index >= 15 is 0 Å². The first kappa shape index (κ1) is 16.7. The van der Waals surface area contributed by atoms with Crippen molar-refractivity contribution in [2.24, 2.45) is 5.92 Å². The number of piperazine rings is 1. The van der Waals surface area contributed by atoms with Crippen molar-refractivity contribution in [3.8, 4) is 0 Å². The summed E-state index contributed by atoms with van der Waals surface area (Å²) in [7, 11) is 0. The summed E-state index contributed by atoms with van der Waals surface area (Å²) in [5.74, 6) is 0.0566. The molecule has 1 unspecified atom stereocenters. The highest BCUT2D eigenvalue weighted by molar-refractivity contribution is 5.94. The lowest BCUT2D eigenvalue weighted by molar-refractivity contribution is -0.132. The van der Waals surface area contributed by atoms with Crippen LogP contribution in [0.2, 0.25) is 0 Å². The van der Waals surface area contributed by atoms with Gasteiger partial charge in [0.05, 0.1) is 5.69 Å². The zero-order valence-corrected chi connectivity index (χ0v) is 14.0. The molecule has 0 N–H and O–H groups in total. The molecule has 1 aromatic rings. The number of halogens is 1. The third-order valence-electron chi connectivity index (χ3n) is 4.88. The van der Waals surface area contributed by atoms with Crippen LogP contribution in [0, 0.1) is 11.7 Å². The fourth-order valence-corrected chi connectivity index (χ4v) is 3.40. The zero-order valence-electron chi connectivity index (χ0n) is 14.0. The number of nitrogens with zero attached hydrogens (tertiary/aromatic N) is 2. The number of carbonyl (C=O) groups is 2. The number of hydrogen-bond acceptors (Lipinski definition) is 3. The summed E-state index contributed by atoms with van der Waals surface area (Å²) in [5.41, 5.74) is 0.889. The van der Waals surface area contributed by atoms with E-state index in [4.69, 9.17) is 0 Å². The first-order chi connectivity index (χ1) is 11.5. The van der Waals surface area contributed by atoms with Gasteiger partial charge < -0.3 is 9.80 Å². The number of benzene rings is 1. The van der Waals surface area contributed by atoms with Gasteiger partial charge in [0, 0.05) is 38.2 Å². The molecular weight excluding hydrogens is 307 g/mol. The average molecular weight is 330 g/mol. The number of amides is 1. The van der Waals surface area contributed by atoms with E-state index in [1.807, 2.05) is 9.80 Å². The summed E-state index contributed by atoms with van der Waals surface area (Å²) in [6.07, 6.45) is 7.00. The van der Waals surface area contributed by atoms with Crippen LogP contribution < -0.4 is 4.90 Å². The summed E-state index contributed by atoms with van der Waals surface area (Å²) in [6, 6.07) is 4.61. The van der Waals surface area contributed by atoms with Gasteiger partial charge in [-0.05, 0) is 43.9 Å². The molecule has 5 heteroatoms. The average Bonchev–Trinajstić information content (AvgIpc) is 3.08. The molecular formula is C19H23FN2O2. The van der Waals surface area contributed by atoms with Gasteiger partial charge in [0.25, 0.3) is 0 Å². The summed E-state index contributed by atoms with van der Waals surface area (Å²) in [4.78, 5) is 27.5. The molecule has 2 aliphatic rings. The van der Waals surface area contributed by atoms with Crippen molar-refractivity contribution >= 4 is 17.4 Å². The fourth-order valence-electron chi connectivity index (χ4n) is 3.40. The Balaban J connectivity index is 1.57. The molecule has 0 radical (unpaired) electrons. The summed E-state index contributed by atoms with van der Waals surface area (Å²) >= 11 is 0. The molecule has 24 heavy (non-hydrogen) atoms. The van der Waals surface area contributed by atoms with Crippen molar-refractivity contribution in [2.75, 3.05) is 31.1 Å². The van der Waals surface area contributed by atoms with Gasteiger partial charge >= 0.3 is 0 Å². The molecule has 0 saturated carbocycles. The van der Waals surface area contributed by atoms with Crippen molar-refractivity contribution in [3.63, 3.8) is 0 Å². The predicted molar refractivity (Wildman–Crippen MR) is 91.7 cm³/mol. The molecule has 1 atom stereocenters. The largest absolute Gasteiger partial charge is 0.366 e. The second-order valence-corrected chi connectivity index (χ2v) is 6.56. The number of allylic oxidation sites excluding steroid dienone is 2. The van der Waals surface area contributed by atoms with Crippen LogP contribution in [0.1, 0.15) is 36.5 Å². The van der Waals surface area contributed by atoms with Crippen molar-refractivity contribution in [2.45, 2.75) is 26.2 Å². The van der Waals surface area contributed by atoms with Crippen molar-refractivity contribution in [1.29, 1.82) is 0 Å². The number of carbonyl (C=O) groups excluding carboxylic acids is 2. The standard InChI is InChI=1S/C19H23FN2O2/c1-14(23)16-6-7-18(17(20)13-16)21-8-10-22(11-9-21)19(24)12-15-4-2-3-5-15/h2,4,6-7,13,15H,3,5,8-12H2,1H3. The van der Waals surface area contributed by atoms with Crippen LogP contribution >= 0.6 is 0 Å². The van der Waals surface area contributed by atoms with E-state index in [1.165, 1.54) is 13.0 Å². The van der Waals surface area contributed by atoms with Crippen LogP contribution in [0.25, 0.3) is 0 Å². The maximum atomic E-state index is 14.2. The molecule has 4 nitrogen and oxygen atoms in total. The first-order valence-corrected chi connectivity index (χ1v) is 8.54. The Bertz CT molecular complexity index is 663. The maximum absolute atomic E-state index is 14.2. The topological polar surface area (TPSA) is 40.6 Å². The second kappa shape index (κ2) is 7.16. The lowest BCUT2D eigenvalue weighted by Gasteiger charge is -2.36. The second-order valence-electron chi connectivity index (χ2n) is 6.56. The molecule has 1 aromatic carbocycles. The van der Waals surface area contributed by atoms with Gasteiger partial charge in [0.15, 0.2) is 5.78 Å². The highest BCUT2D eigenvalue weighted by Gasteiger charge is 2.25. The minimum absolute atomic E-state index is 0.142. The van der Waals surface area contributed by atoms with E-state index in [2.05, 4.69) is 12.2 Å². The lowest BCUT2D eigenvalue weighted by atomic mass is 10.0. The normalized spacial score (nSPS) is 20.5. The predicted octanol–water partition coefficient (Wildman–Crippen LogP) is 3.03. The van der Waals surface area contributed by atoms with E-state index in [1.54, 1.807) is 12.1 Å². The Labute approximate surface area is 141 Å². The fraction of sp³-hybridized carbons (Fsp3) is 0.474. The monoisotopic (exact) mass is 330 g/mol. The third kappa shape index (κ3) is 3.66. The Morgan fingerprint density at radius 3 is 2.54 bits per heavy atom. The van der Waals surface area contributed by atoms with Gasteiger partial charge in [-0.2, -0.15) is 0 Å². The van der Waals surface area contributed by atoms with Gasteiger partial charge in [-0.15, -0.1) is 0 Å². The molecule has 0 spiro atoms. The van der Waals surface area contributed by atoms with Gasteiger partial charge in [-0.25, -0.2) is 4.39 Å². The van der Waals surface area contributed by atoms with E-state index in [0.717, 1.165) is 12.8 Å². The molecule has 1 amide bonds. The number of rotatable bonds is 4. The van der Waals surface area contributed by atoms with E-state index in [0.29, 0.717) is 49.8 Å². The molecule has 128 valence electrons. The third-order valence-corrected chi connectivity index (χ3v) is 4.88. The quantitative estimate of drug-likeness (QED) is 0.629. The first-order valence-electron chi connectivity index (χ1n) is 8.54. The minimum Gasteiger partial charge on any atom is -0.366 e. The van der Waals surface area contributed by atoms with E-state index in [-0.39, 0.29) is 17.5 Å². The zero-order chi connectivity index (χ0) is 17.1. The number of anilines is 1. The van der Waals surface area contributed by atoms with Crippen LogP contribution in [0.15, 0.2) is 30.4 Å². The van der Waals surface area contributed by atoms with Crippen LogP contribution in [0.4, 0.5) is 10.1 Å². The minimum atomic E-state index is -0.376. The summed E-state index contributed by atoms with van der Waals surface area (Å²) < 4.78 is 14.2. The molecule has 1 aliphatic heterocycles. The van der Waals surface area contributed by atoms with Crippen molar-refractivity contribution in [3.05, 3.63) is 41.7 Å². The lowest BCUT2D eigenvalue weighted by Crippen LogP contribution is -2.49. The number of ketones is 1. The highest BCUT2D eigenvalue weighted by Crippen LogP contribution is 2.24. The number of Topliss-reactive ketones (excluding diaryl/α,β-unsaturated/α-hetero) is 1. The highest BCUT2D eigenvalue weighted by atomic mass is 19.1. The van der Waals surface area contributed by atoms with Crippen LogP contribution in [-0.2, 0) is 4.79 Å². The van der Waals surface area contributed by atoms with Gasteiger partial charge in [0.2, 0.25) is 5.91 Å². The van der Waals surface area contributed by atoms with Gasteiger partial charge in [0.1, 0.15) is 5.82 Å².